The monoisotopic (exact) mass is 752 g/mol. The van der Waals surface area contributed by atoms with Crippen molar-refractivity contribution in [3.63, 3.8) is 0 Å². The molecule has 3 aromatic carbocycles. The molecule has 2 amide bonds. The molecule has 0 saturated carbocycles. The summed E-state index contributed by atoms with van der Waals surface area (Å²) in [6.45, 7) is -0.983. The number of amides is 2. The smallest absolute Gasteiger partial charge is 0.416 e. The largest absolute Gasteiger partial charge is 0.508 e. The summed E-state index contributed by atoms with van der Waals surface area (Å²) in [6.07, 6.45) is -8.46. The highest BCUT2D eigenvalue weighted by Gasteiger charge is 2.56. The van der Waals surface area contributed by atoms with Crippen LogP contribution in [0.5, 0.6) is 11.5 Å². The van der Waals surface area contributed by atoms with Crippen LogP contribution in [0.2, 0.25) is 0 Å². The average molecular weight is 753 g/mol. The zero-order valence-electron chi connectivity index (χ0n) is 28.4. The number of aliphatic hydroxyl groups excluding tert-OH is 2. The van der Waals surface area contributed by atoms with Crippen LogP contribution in [0.3, 0.4) is 0 Å². The van der Waals surface area contributed by atoms with Gasteiger partial charge in [-0.3, -0.25) is 14.6 Å². The number of aromatic nitrogens is 1. The van der Waals surface area contributed by atoms with Gasteiger partial charge in [0.25, 0.3) is 0 Å². The molecule has 0 radical (unpaired) electrons. The van der Waals surface area contributed by atoms with Crippen molar-refractivity contribution in [2.75, 3.05) is 18.1 Å². The summed E-state index contributed by atoms with van der Waals surface area (Å²) in [6, 6.07) is 20.8. The number of carbonyl (C=O) groups is 2. The summed E-state index contributed by atoms with van der Waals surface area (Å²) in [5.74, 6) is -5.60. The van der Waals surface area contributed by atoms with E-state index in [0.29, 0.717) is 45.2 Å². The van der Waals surface area contributed by atoms with Crippen LogP contribution < -0.4 is 9.64 Å². The van der Waals surface area contributed by atoms with Gasteiger partial charge >= 0.3 is 12.4 Å². The number of aromatic hydroxyl groups is 1. The van der Waals surface area contributed by atoms with Crippen molar-refractivity contribution in [3.05, 3.63) is 131 Å². The molecule has 3 N–H and O–H groups in total. The van der Waals surface area contributed by atoms with E-state index in [4.69, 9.17) is 4.74 Å². The molecule has 0 bridgehead atoms. The molecule has 1 aliphatic heterocycles. The van der Waals surface area contributed by atoms with Gasteiger partial charge in [-0.1, -0.05) is 36.4 Å². The lowest BCUT2D eigenvalue weighted by molar-refractivity contribution is -0.143. The standard InChI is InChI=1S/C40H34F6N2O6/c41-39(42,43)26-18-27(40(44,45)46)20-28(19-26)48-37(52)31-17-25(22-54-30-9-2-1-3-10-30)35(32(21-49)36(31)38(48)53)34(51)13-12-24(33-11-4-5-14-47-33)15-23-7-6-8-29(50)16-23/h1-11,14-16,18-20,31-32,34,36,49-51H,12-13,17,21-22H2/b24-15-/t31-,32+,34-,36-/m1/s1. The van der Waals surface area contributed by atoms with E-state index in [2.05, 4.69) is 4.98 Å². The Balaban J connectivity index is 1.37. The number of para-hydroxylation sites is 1. The molecule has 282 valence electrons. The maximum Gasteiger partial charge on any atom is 0.416 e. The minimum absolute atomic E-state index is 0.00764. The number of hydrogen-bond donors (Lipinski definition) is 3. The summed E-state index contributed by atoms with van der Waals surface area (Å²) in [7, 11) is 0. The Morgan fingerprint density at radius 1 is 0.889 bits per heavy atom. The maximum atomic E-state index is 14.0. The van der Waals surface area contributed by atoms with E-state index < -0.39 is 71.4 Å². The number of benzene rings is 3. The summed E-state index contributed by atoms with van der Waals surface area (Å²) in [5, 5.41) is 32.7. The predicted molar refractivity (Wildman–Crippen MR) is 186 cm³/mol. The van der Waals surface area contributed by atoms with Crippen molar-refractivity contribution >= 4 is 29.2 Å². The first kappa shape index (κ1) is 38.3. The van der Waals surface area contributed by atoms with E-state index in [1.54, 1.807) is 79.0 Å². The van der Waals surface area contributed by atoms with Crippen molar-refractivity contribution < 1.29 is 56.0 Å². The number of hydrogen-bond acceptors (Lipinski definition) is 7. The number of anilines is 1. The topological polar surface area (TPSA) is 120 Å². The van der Waals surface area contributed by atoms with Crippen molar-refractivity contribution in [1.29, 1.82) is 0 Å². The second kappa shape index (κ2) is 15.5. The zero-order valence-corrected chi connectivity index (χ0v) is 28.4. The Morgan fingerprint density at radius 3 is 2.19 bits per heavy atom. The highest BCUT2D eigenvalue weighted by atomic mass is 19.4. The van der Waals surface area contributed by atoms with Crippen LogP contribution in [-0.2, 0) is 21.9 Å². The number of phenolic OH excluding ortho intramolecular Hbond substituents is 1. The van der Waals surface area contributed by atoms with Gasteiger partial charge in [0, 0.05) is 12.1 Å². The van der Waals surface area contributed by atoms with E-state index in [1.165, 1.54) is 6.07 Å². The van der Waals surface area contributed by atoms with Crippen LogP contribution in [0.15, 0.2) is 108 Å². The quantitative estimate of drug-likeness (QED) is 0.0817. The molecule has 1 aromatic heterocycles. The minimum Gasteiger partial charge on any atom is -0.508 e. The number of halogens is 6. The van der Waals surface area contributed by atoms with Crippen LogP contribution in [-0.4, -0.2) is 51.4 Å². The molecular weight excluding hydrogens is 718 g/mol. The van der Waals surface area contributed by atoms with Gasteiger partial charge in [0.05, 0.1) is 47.1 Å². The van der Waals surface area contributed by atoms with Crippen LogP contribution >= 0.6 is 0 Å². The normalized spacial score (nSPS) is 20.0. The molecule has 6 rings (SSSR count). The molecule has 14 heteroatoms. The van der Waals surface area contributed by atoms with Gasteiger partial charge < -0.3 is 20.1 Å². The SMILES string of the molecule is O=C1[C@@H]2[C@@H](CC(COc3ccccc3)=C([C@H](O)CC/C(=C/c3cccc(O)c3)c3ccccn3)[C@@H]2CO)C(=O)N1c1cc(C(F)(F)F)cc(C(F)(F)F)c1. The molecule has 0 spiro atoms. The number of phenols is 1. The summed E-state index contributed by atoms with van der Waals surface area (Å²) >= 11 is 0. The van der Waals surface area contributed by atoms with Crippen LogP contribution in [0, 0.1) is 17.8 Å². The molecule has 2 aliphatic rings. The Bertz CT molecular complexity index is 2030. The van der Waals surface area contributed by atoms with E-state index in [1.807, 2.05) is 0 Å². The maximum absolute atomic E-state index is 14.0. The Kier molecular flexibility index (Phi) is 11.0. The van der Waals surface area contributed by atoms with Crippen LogP contribution in [0.1, 0.15) is 41.6 Å². The van der Waals surface area contributed by atoms with Gasteiger partial charge in [0.1, 0.15) is 18.1 Å². The molecule has 1 aliphatic carbocycles. The minimum atomic E-state index is -5.23. The number of imide groups is 1. The molecule has 2 heterocycles. The summed E-state index contributed by atoms with van der Waals surface area (Å²) in [5.41, 5.74) is -1.87. The Morgan fingerprint density at radius 2 is 1.57 bits per heavy atom. The third-order valence-corrected chi connectivity index (χ3v) is 9.62. The van der Waals surface area contributed by atoms with Gasteiger partial charge in [0.2, 0.25) is 11.8 Å². The molecule has 54 heavy (non-hydrogen) atoms. The number of aliphatic hydroxyl groups is 2. The Labute approximate surface area is 305 Å². The number of nitrogens with zero attached hydrogens (tertiary/aromatic N) is 2. The summed E-state index contributed by atoms with van der Waals surface area (Å²) < 4.78 is 88.6. The van der Waals surface area contributed by atoms with Crippen LogP contribution in [0.4, 0.5) is 32.0 Å². The van der Waals surface area contributed by atoms with Crippen LogP contribution in [0.25, 0.3) is 11.6 Å². The van der Waals surface area contributed by atoms with Crippen molar-refractivity contribution in [2.24, 2.45) is 17.8 Å². The fraction of sp³-hybridized carbons (Fsp3) is 0.275. The fourth-order valence-corrected chi connectivity index (χ4v) is 7.19. The zero-order chi connectivity index (χ0) is 38.8. The average Bonchev–Trinajstić information content (AvgIpc) is 3.39. The lowest BCUT2D eigenvalue weighted by atomic mass is 9.68. The third kappa shape index (κ3) is 8.19. The highest BCUT2D eigenvalue weighted by molar-refractivity contribution is 6.22. The first-order valence-corrected chi connectivity index (χ1v) is 16.9. The second-order valence-corrected chi connectivity index (χ2v) is 13.1. The number of pyridine rings is 1. The second-order valence-electron chi connectivity index (χ2n) is 13.1. The van der Waals surface area contributed by atoms with E-state index in [-0.39, 0.29) is 43.3 Å². The fourth-order valence-electron chi connectivity index (χ4n) is 7.19. The van der Waals surface area contributed by atoms with Gasteiger partial charge in [-0.25, -0.2) is 4.90 Å². The van der Waals surface area contributed by atoms with Crippen molar-refractivity contribution in [3.8, 4) is 11.5 Å². The first-order valence-electron chi connectivity index (χ1n) is 16.9. The molecule has 1 saturated heterocycles. The molecular formula is C40H34F6N2O6. The van der Waals surface area contributed by atoms with Crippen molar-refractivity contribution in [2.45, 2.75) is 37.7 Å². The van der Waals surface area contributed by atoms with Gasteiger partial charge in [-0.2, -0.15) is 26.3 Å². The van der Waals surface area contributed by atoms with E-state index in [9.17, 15) is 51.3 Å². The number of carbonyl (C=O) groups excluding carboxylic acids is 2. The third-order valence-electron chi connectivity index (χ3n) is 9.62. The first-order chi connectivity index (χ1) is 25.7. The Hall–Kier alpha value is -5.47. The van der Waals surface area contributed by atoms with Gasteiger partial charge in [-0.15, -0.1) is 0 Å². The lowest BCUT2D eigenvalue weighted by Crippen LogP contribution is -2.40. The molecule has 0 unspecified atom stereocenters. The van der Waals surface area contributed by atoms with Crippen molar-refractivity contribution in [1.82, 2.24) is 4.98 Å². The highest BCUT2D eigenvalue weighted by Crippen LogP contribution is 2.49. The number of rotatable bonds is 11. The predicted octanol–water partition coefficient (Wildman–Crippen LogP) is 7.70. The number of fused-ring (bicyclic) bond motifs is 1. The summed E-state index contributed by atoms with van der Waals surface area (Å²) in [4.78, 5) is 32.7. The number of ether oxygens (including phenoxy) is 1. The molecule has 1 fully saturated rings. The van der Waals surface area contributed by atoms with E-state index in [0.717, 1.165) is 0 Å². The lowest BCUT2D eigenvalue weighted by Gasteiger charge is -2.36. The van der Waals surface area contributed by atoms with Gasteiger partial charge in [-0.05, 0) is 102 Å². The molecule has 4 atom stereocenters. The number of alkyl halides is 6. The number of allylic oxidation sites excluding steroid dienone is 1. The van der Waals surface area contributed by atoms with Gasteiger partial charge in [0.15, 0.2) is 0 Å². The molecule has 4 aromatic rings. The molecule has 8 nitrogen and oxygen atoms in total. The van der Waals surface area contributed by atoms with E-state index >= 15 is 0 Å².